The average molecular weight is 219 g/mol. The van der Waals surface area contributed by atoms with Gasteiger partial charge in [-0.1, -0.05) is 51.8 Å². The number of para-hydroxylation sites is 1. The molecule has 0 spiro atoms. The summed E-state index contributed by atoms with van der Waals surface area (Å²) >= 11 is 0. The summed E-state index contributed by atoms with van der Waals surface area (Å²) in [5.41, 5.74) is 2.73. The van der Waals surface area contributed by atoms with Gasteiger partial charge in [0.2, 0.25) is 0 Å². The zero-order chi connectivity index (χ0) is 12.0. The minimum atomic E-state index is 0.569. The van der Waals surface area contributed by atoms with E-state index in [-0.39, 0.29) is 0 Å². The molecule has 0 aliphatic heterocycles. The van der Waals surface area contributed by atoms with Gasteiger partial charge in [0.1, 0.15) is 0 Å². The minimum absolute atomic E-state index is 0.569. The summed E-state index contributed by atoms with van der Waals surface area (Å²) in [5.74, 6) is 0.585. The van der Waals surface area contributed by atoms with Crippen LogP contribution in [0, 0.1) is 0 Å². The van der Waals surface area contributed by atoms with Crippen molar-refractivity contribution in [2.24, 2.45) is 0 Å². The highest BCUT2D eigenvalue weighted by Gasteiger charge is 2.07. The van der Waals surface area contributed by atoms with E-state index >= 15 is 0 Å². The van der Waals surface area contributed by atoms with Gasteiger partial charge in [-0.15, -0.1) is 0 Å². The number of rotatable bonds is 6. The van der Waals surface area contributed by atoms with Gasteiger partial charge >= 0.3 is 0 Å². The summed E-state index contributed by atoms with van der Waals surface area (Å²) in [6.45, 7) is 9.01. The fourth-order valence-corrected chi connectivity index (χ4v) is 1.98. The highest BCUT2D eigenvalue weighted by Crippen LogP contribution is 2.24. The van der Waals surface area contributed by atoms with Crippen LogP contribution in [0.5, 0.6) is 0 Å². The number of hydrogen-bond acceptors (Lipinski definition) is 1. The molecule has 90 valence electrons. The quantitative estimate of drug-likeness (QED) is 0.724. The molecule has 0 saturated carbocycles. The molecule has 0 aliphatic rings. The zero-order valence-corrected chi connectivity index (χ0v) is 11.1. The van der Waals surface area contributed by atoms with Gasteiger partial charge in [-0.3, -0.25) is 0 Å². The van der Waals surface area contributed by atoms with Gasteiger partial charge in [0.15, 0.2) is 0 Å². The number of nitrogens with one attached hydrogen (secondary N) is 1. The maximum atomic E-state index is 3.63. The lowest BCUT2D eigenvalue weighted by Crippen LogP contribution is -2.16. The predicted octanol–water partition coefficient (Wildman–Crippen LogP) is 4.80. The average Bonchev–Trinajstić information content (AvgIpc) is 2.27. The number of benzene rings is 1. The van der Waals surface area contributed by atoms with Gasteiger partial charge in [0.25, 0.3) is 0 Å². The summed E-state index contributed by atoms with van der Waals surface area (Å²) < 4.78 is 0. The Balaban J connectivity index is 2.65. The standard InChI is InChI=1S/C15H25N/c1-5-6-9-13(4)16-15-11-8-7-10-14(15)12(2)3/h7-8,10-13,16H,5-6,9H2,1-4H3. The molecule has 0 heterocycles. The molecule has 0 amide bonds. The van der Waals surface area contributed by atoms with E-state index in [0.717, 1.165) is 0 Å². The van der Waals surface area contributed by atoms with Crippen LogP contribution in [0.1, 0.15) is 58.4 Å². The Labute approximate surface area is 100 Å². The molecule has 0 radical (unpaired) electrons. The molecule has 1 atom stereocenters. The van der Waals surface area contributed by atoms with Crippen LogP contribution in [0.15, 0.2) is 24.3 Å². The normalized spacial score (nSPS) is 12.8. The summed E-state index contributed by atoms with van der Waals surface area (Å²) in [4.78, 5) is 0. The van der Waals surface area contributed by atoms with Crippen molar-refractivity contribution in [3.63, 3.8) is 0 Å². The third-order valence-corrected chi connectivity index (χ3v) is 2.98. The number of unbranched alkanes of at least 4 members (excludes halogenated alkanes) is 1. The second kappa shape index (κ2) is 6.57. The van der Waals surface area contributed by atoms with Gasteiger partial charge < -0.3 is 5.32 Å². The van der Waals surface area contributed by atoms with Crippen LogP contribution in [0.25, 0.3) is 0 Å². The van der Waals surface area contributed by atoms with Crippen molar-refractivity contribution >= 4 is 5.69 Å². The molecular weight excluding hydrogens is 194 g/mol. The second-order valence-corrected chi connectivity index (χ2v) is 4.93. The maximum Gasteiger partial charge on any atom is 0.0377 e. The smallest absolute Gasteiger partial charge is 0.0377 e. The van der Waals surface area contributed by atoms with E-state index in [2.05, 4.69) is 57.3 Å². The molecule has 16 heavy (non-hydrogen) atoms. The first-order valence-corrected chi connectivity index (χ1v) is 6.50. The van der Waals surface area contributed by atoms with E-state index < -0.39 is 0 Å². The van der Waals surface area contributed by atoms with Gasteiger partial charge in [-0.2, -0.15) is 0 Å². The molecular formula is C15H25N. The highest BCUT2D eigenvalue weighted by molar-refractivity contribution is 5.53. The van der Waals surface area contributed by atoms with Crippen LogP contribution in [0.3, 0.4) is 0 Å². The van der Waals surface area contributed by atoms with Gasteiger partial charge in [0.05, 0.1) is 0 Å². The molecule has 1 N–H and O–H groups in total. The topological polar surface area (TPSA) is 12.0 Å². The van der Waals surface area contributed by atoms with Crippen molar-refractivity contribution < 1.29 is 0 Å². The summed E-state index contributed by atoms with van der Waals surface area (Å²) in [5, 5.41) is 3.63. The van der Waals surface area contributed by atoms with E-state index in [0.29, 0.717) is 12.0 Å². The summed E-state index contributed by atoms with van der Waals surface area (Å²) in [7, 11) is 0. The molecule has 1 rings (SSSR count). The van der Waals surface area contributed by atoms with Crippen molar-refractivity contribution in [1.82, 2.24) is 0 Å². The first-order valence-electron chi connectivity index (χ1n) is 6.50. The molecule has 1 unspecified atom stereocenters. The Morgan fingerprint density at radius 2 is 1.81 bits per heavy atom. The van der Waals surface area contributed by atoms with Crippen LogP contribution in [0.2, 0.25) is 0 Å². The molecule has 0 fully saturated rings. The van der Waals surface area contributed by atoms with Crippen molar-refractivity contribution in [3.8, 4) is 0 Å². The Hall–Kier alpha value is -0.980. The third kappa shape index (κ3) is 3.88. The van der Waals surface area contributed by atoms with E-state index in [9.17, 15) is 0 Å². The lowest BCUT2D eigenvalue weighted by Gasteiger charge is -2.19. The number of anilines is 1. The monoisotopic (exact) mass is 219 g/mol. The Kier molecular flexibility index (Phi) is 5.37. The fraction of sp³-hybridized carbons (Fsp3) is 0.600. The van der Waals surface area contributed by atoms with Gasteiger partial charge in [0, 0.05) is 11.7 Å². The Morgan fingerprint density at radius 3 is 2.44 bits per heavy atom. The minimum Gasteiger partial charge on any atom is -0.382 e. The third-order valence-electron chi connectivity index (χ3n) is 2.98. The van der Waals surface area contributed by atoms with E-state index in [4.69, 9.17) is 0 Å². The molecule has 1 nitrogen and oxygen atoms in total. The molecule has 0 aliphatic carbocycles. The van der Waals surface area contributed by atoms with Gasteiger partial charge in [-0.25, -0.2) is 0 Å². The predicted molar refractivity (Wildman–Crippen MR) is 73.1 cm³/mol. The largest absolute Gasteiger partial charge is 0.382 e. The van der Waals surface area contributed by atoms with Crippen molar-refractivity contribution in [1.29, 1.82) is 0 Å². The summed E-state index contributed by atoms with van der Waals surface area (Å²) in [6, 6.07) is 9.22. The van der Waals surface area contributed by atoms with Gasteiger partial charge in [-0.05, 0) is 30.9 Å². The van der Waals surface area contributed by atoms with E-state index in [1.165, 1.54) is 30.5 Å². The van der Waals surface area contributed by atoms with E-state index in [1.54, 1.807) is 0 Å². The van der Waals surface area contributed by atoms with Crippen molar-refractivity contribution in [2.45, 2.75) is 58.9 Å². The highest BCUT2D eigenvalue weighted by atomic mass is 14.9. The van der Waals surface area contributed by atoms with Crippen LogP contribution < -0.4 is 5.32 Å². The molecule has 1 aromatic rings. The lowest BCUT2D eigenvalue weighted by molar-refractivity contribution is 0.644. The first-order chi connectivity index (χ1) is 7.65. The molecule has 1 aromatic carbocycles. The van der Waals surface area contributed by atoms with Crippen molar-refractivity contribution in [3.05, 3.63) is 29.8 Å². The van der Waals surface area contributed by atoms with Crippen molar-refractivity contribution in [2.75, 3.05) is 5.32 Å². The van der Waals surface area contributed by atoms with Crippen LogP contribution >= 0.6 is 0 Å². The molecule has 0 aromatic heterocycles. The van der Waals surface area contributed by atoms with E-state index in [1.807, 2.05) is 0 Å². The fourth-order valence-electron chi connectivity index (χ4n) is 1.98. The Morgan fingerprint density at radius 1 is 1.12 bits per heavy atom. The zero-order valence-electron chi connectivity index (χ0n) is 11.1. The Bertz CT molecular complexity index is 304. The van der Waals surface area contributed by atoms with Crippen LogP contribution in [-0.2, 0) is 0 Å². The van der Waals surface area contributed by atoms with Crippen LogP contribution in [0.4, 0.5) is 5.69 Å². The maximum absolute atomic E-state index is 3.63. The molecule has 1 heteroatoms. The first kappa shape index (κ1) is 13.1. The molecule has 0 bridgehead atoms. The number of hydrogen-bond donors (Lipinski definition) is 1. The second-order valence-electron chi connectivity index (χ2n) is 4.93. The SMILES string of the molecule is CCCCC(C)Nc1ccccc1C(C)C. The lowest BCUT2D eigenvalue weighted by atomic mass is 10.0. The molecule has 0 saturated heterocycles. The summed E-state index contributed by atoms with van der Waals surface area (Å²) in [6.07, 6.45) is 3.83. The van der Waals surface area contributed by atoms with Crippen LogP contribution in [-0.4, -0.2) is 6.04 Å².